The van der Waals surface area contributed by atoms with Gasteiger partial charge >= 0.3 is 0 Å². The third kappa shape index (κ3) is 3.31. The normalized spacial score (nSPS) is 16.5. The lowest BCUT2D eigenvalue weighted by atomic mass is 9.92. The number of aryl methyl sites for hydroxylation is 4. The summed E-state index contributed by atoms with van der Waals surface area (Å²) in [6, 6.07) is 6.26. The van der Waals surface area contributed by atoms with Crippen LogP contribution < -0.4 is 5.32 Å². The van der Waals surface area contributed by atoms with E-state index in [2.05, 4.69) is 45.5 Å². The molecule has 1 aliphatic rings. The molecule has 1 N–H and O–H groups in total. The van der Waals surface area contributed by atoms with Crippen LogP contribution in [0.5, 0.6) is 0 Å². The maximum absolute atomic E-state index is 12.5. The van der Waals surface area contributed by atoms with Gasteiger partial charge in [0.05, 0.1) is 24.3 Å². The number of fused-ring (bicyclic) bond motifs is 2. The van der Waals surface area contributed by atoms with Gasteiger partial charge in [0.25, 0.3) is 0 Å². The van der Waals surface area contributed by atoms with Gasteiger partial charge in [0, 0.05) is 29.3 Å². The molecule has 0 radical (unpaired) electrons. The Hall–Kier alpha value is -2.76. The summed E-state index contributed by atoms with van der Waals surface area (Å²) in [4.78, 5) is 21.3. The Balaban J connectivity index is 1.42. The van der Waals surface area contributed by atoms with E-state index in [4.69, 9.17) is 0 Å². The second-order valence-corrected chi connectivity index (χ2v) is 7.01. The van der Waals surface area contributed by atoms with E-state index in [1.165, 1.54) is 5.56 Å². The summed E-state index contributed by atoms with van der Waals surface area (Å²) < 4.78 is 1.90. The fraction of sp³-hybridized carbons (Fsp3) is 0.400. The van der Waals surface area contributed by atoms with E-state index in [0.717, 1.165) is 47.2 Å². The number of hydrogen-bond acceptors (Lipinski definition) is 4. The van der Waals surface area contributed by atoms with Crippen molar-refractivity contribution in [1.29, 1.82) is 0 Å². The standard InChI is InChI=1S/C20H23N5O/c1-13-6-7-19-15(10-13)11-22-25(19)9-8-20(26)24-18-5-3-4-17-16(18)12-21-14(2)23-17/h6-7,10-12,18H,3-5,8-9H2,1-2H3,(H,24,26). The molecule has 1 unspecified atom stereocenters. The van der Waals surface area contributed by atoms with Crippen molar-refractivity contribution in [2.75, 3.05) is 0 Å². The lowest BCUT2D eigenvalue weighted by Crippen LogP contribution is -2.32. The van der Waals surface area contributed by atoms with E-state index in [9.17, 15) is 4.79 Å². The second-order valence-electron chi connectivity index (χ2n) is 7.01. The third-order valence-electron chi connectivity index (χ3n) is 4.99. The predicted octanol–water partition coefficient (Wildman–Crippen LogP) is 3.03. The van der Waals surface area contributed by atoms with Crippen LogP contribution in [0.4, 0.5) is 0 Å². The number of carbonyl (C=O) groups is 1. The Morgan fingerprint density at radius 3 is 3.08 bits per heavy atom. The molecule has 1 amide bonds. The topological polar surface area (TPSA) is 72.7 Å². The molecule has 134 valence electrons. The fourth-order valence-corrected chi connectivity index (χ4v) is 3.66. The van der Waals surface area contributed by atoms with E-state index in [1.54, 1.807) is 0 Å². The quantitative estimate of drug-likeness (QED) is 0.786. The van der Waals surface area contributed by atoms with Crippen LogP contribution in [0.25, 0.3) is 10.9 Å². The SMILES string of the molecule is Cc1ccc2c(cnn2CCC(=O)NC2CCCc3nc(C)ncc32)c1. The van der Waals surface area contributed by atoms with Crippen molar-refractivity contribution in [3.63, 3.8) is 0 Å². The van der Waals surface area contributed by atoms with Crippen LogP contribution in [0.1, 0.15) is 47.9 Å². The molecule has 1 atom stereocenters. The van der Waals surface area contributed by atoms with E-state index in [1.807, 2.05) is 24.0 Å². The minimum absolute atomic E-state index is 0.0175. The first kappa shape index (κ1) is 16.7. The maximum atomic E-state index is 12.5. The number of benzene rings is 1. The molecular formula is C20H23N5O. The molecular weight excluding hydrogens is 326 g/mol. The Kier molecular flexibility index (Phi) is 4.41. The van der Waals surface area contributed by atoms with Crippen LogP contribution in [-0.2, 0) is 17.8 Å². The van der Waals surface area contributed by atoms with Gasteiger partial charge in [0.15, 0.2) is 0 Å². The van der Waals surface area contributed by atoms with Gasteiger partial charge in [-0.25, -0.2) is 9.97 Å². The number of nitrogens with zero attached hydrogens (tertiary/aromatic N) is 4. The zero-order chi connectivity index (χ0) is 18.1. The van der Waals surface area contributed by atoms with Gasteiger partial charge in [-0.2, -0.15) is 5.10 Å². The van der Waals surface area contributed by atoms with E-state index >= 15 is 0 Å². The predicted molar refractivity (Wildman–Crippen MR) is 99.7 cm³/mol. The number of hydrogen-bond donors (Lipinski definition) is 1. The molecule has 26 heavy (non-hydrogen) atoms. The van der Waals surface area contributed by atoms with Crippen LogP contribution in [0.2, 0.25) is 0 Å². The molecule has 0 saturated carbocycles. The highest BCUT2D eigenvalue weighted by Gasteiger charge is 2.23. The highest BCUT2D eigenvalue weighted by molar-refractivity contribution is 5.80. The summed E-state index contributed by atoms with van der Waals surface area (Å²) in [6.45, 7) is 4.54. The molecule has 3 aromatic rings. The zero-order valence-electron chi connectivity index (χ0n) is 15.2. The molecule has 2 heterocycles. The first-order chi connectivity index (χ1) is 12.6. The van der Waals surface area contributed by atoms with Gasteiger partial charge < -0.3 is 5.32 Å². The van der Waals surface area contributed by atoms with E-state index in [0.29, 0.717) is 13.0 Å². The Bertz CT molecular complexity index is 962. The van der Waals surface area contributed by atoms with Gasteiger partial charge in [-0.15, -0.1) is 0 Å². The van der Waals surface area contributed by atoms with Crippen LogP contribution >= 0.6 is 0 Å². The highest BCUT2D eigenvalue weighted by atomic mass is 16.1. The van der Waals surface area contributed by atoms with Crippen molar-refractivity contribution in [2.45, 2.75) is 52.1 Å². The molecule has 0 spiro atoms. The minimum Gasteiger partial charge on any atom is -0.349 e. The zero-order valence-corrected chi connectivity index (χ0v) is 15.2. The number of amides is 1. The van der Waals surface area contributed by atoms with Gasteiger partial charge in [0.1, 0.15) is 5.82 Å². The van der Waals surface area contributed by atoms with Crippen molar-refractivity contribution in [1.82, 2.24) is 25.1 Å². The average molecular weight is 349 g/mol. The molecule has 6 heteroatoms. The van der Waals surface area contributed by atoms with Gasteiger partial charge in [0.2, 0.25) is 5.91 Å². The lowest BCUT2D eigenvalue weighted by Gasteiger charge is -2.25. The molecule has 6 nitrogen and oxygen atoms in total. The Morgan fingerprint density at radius 2 is 2.19 bits per heavy atom. The van der Waals surface area contributed by atoms with Crippen molar-refractivity contribution < 1.29 is 4.79 Å². The molecule has 0 saturated heterocycles. The van der Waals surface area contributed by atoms with Crippen molar-refractivity contribution in [3.05, 3.63) is 53.2 Å². The molecule has 0 aliphatic heterocycles. The molecule has 0 bridgehead atoms. The van der Waals surface area contributed by atoms with Gasteiger partial charge in [-0.05, 0) is 45.2 Å². The summed E-state index contributed by atoms with van der Waals surface area (Å²) in [5, 5.41) is 8.68. The smallest absolute Gasteiger partial charge is 0.222 e. The monoisotopic (exact) mass is 349 g/mol. The van der Waals surface area contributed by atoms with Crippen LogP contribution in [0.15, 0.2) is 30.6 Å². The van der Waals surface area contributed by atoms with Crippen molar-refractivity contribution in [3.8, 4) is 0 Å². The van der Waals surface area contributed by atoms with Crippen LogP contribution in [0, 0.1) is 13.8 Å². The van der Waals surface area contributed by atoms with E-state index < -0.39 is 0 Å². The average Bonchev–Trinajstić information content (AvgIpc) is 3.02. The Labute approximate surface area is 152 Å². The second kappa shape index (κ2) is 6.86. The summed E-state index contributed by atoms with van der Waals surface area (Å²) in [7, 11) is 0. The first-order valence-corrected chi connectivity index (χ1v) is 9.14. The number of aromatic nitrogens is 4. The summed E-state index contributed by atoms with van der Waals surface area (Å²) >= 11 is 0. The number of nitrogens with one attached hydrogen (secondary N) is 1. The van der Waals surface area contributed by atoms with Crippen LogP contribution in [0.3, 0.4) is 0 Å². The Morgan fingerprint density at radius 1 is 1.31 bits per heavy atom. The largest absolute Gasteiger partial charge is 0.349 e. The van der Waals surface area contributed by atoms with Crippen molar-refractivity contribution in [2.24, 2.45) is 0 Å². The molecule has 1 aliphatic carbocycles. The molecule has 2 aromatic heterocycles. The summed E-state index contributed by atoms with van der Waals surface area (Å²) in [5.74, 6) is 0.829. The third-order valence-corrected chi connectivity index (χ3v) is 4.99. The van der Waals surface area contributed by atoms with Crippen LogP contribution in [-0.4, -0.2) is 25.7 Å². The molecule has 4 rings (SSSR count). The summed E-state index contributed by atoms with van der Waals surface area (Å²) in [5.41, 5.74) is 4.41. The highest BCUT2D eigenvalue weighted by Crippen LogP contribution is 2.28. The number of rotatable bonds is 4. The molecule has 1 aromatic carbocycles. The van der Waals surface area contributed by atoms with E-state index in [-0.39, 0.29) is 11.9 Å². The molecule has 0 fully saturated rings. The maximum Gasteiger partial charge on any atom is 0.222 e. The van der Waals surface area contributed by atoms with Gasteiger partial charge in [-0.1, -0.05) is 11.6 Å². The lowest BCUT2D eigenvalue weighted by molar-refractivity contribution is -0.122. The first-order valence-electron chi connectivity index (χ1n) is 9.14. The summed E-state index contributed by atoms with van der Waals surface area (Å²) in [6.07, 6.45) is 7.07. The number of carbonyl (C=O) groups excluding carboxylic acids is 1. The van der Waals surface area contributed by atoms with Gasteiger partial charge in [-0.3, -0.25) is 9.48 Å². The minimum atomic E-state index is 0.0175. The fourth-order valence-electron chi connectivity index (χ4n) is 3.66. The van der Waals surface area contributed by atoms with Crippen molar-refractivity contribution >= 4 is 16.8 Å².